The molecule has 3 rings (SSSR count). The summed E-state index contributed by atoms with van der Waals surface area (Å²) < 4.78 is 0.781. The number of carbonyl (C=O) groups is 2. The molecule has 2 aromatic rings. The topological polar surface area (TPSA) is 92.5 Å². The number of nitrogens with one attached hydrogen (secondary N) is 1. The van der Waals surface area contributed by atoms with Crippen molar-refractivity contribution in [3.63, 3.8) is 0 Å². The molecule has 8 heteroatoms. The Morgan fingerprint density at radius 2 is 2.00 bits per heavy atom. The highest BCUT2D eigenvalue weighted by Crippen LogP contribution is 2.31. The zero-order valence-corrected chi connectivity index (χ0v) is 14.6. The molecule has 2 amide bonds. The van der Waals surface area contributed by atoms with E-state index in [2.05, 4.69) is 21.2 Å². The number of hydrogen-bond acceptors (Lipinski definition) is 4. The van der Waals surface area contributed by atoms with Crippen LogP contribution in [0.15, 0.2) is 53.0 Å². The highest BCUT2D eigenvalue weighted by atomic mass is 79.9. The fourth-order valence-electron chi connectivity index (χ4n) is 2.73. The molecule has 1 unspecified atom stereocenters. The number of halogens is 1. The van der Waals surface area contributed by atoms with Gasteiger partial charge in [-0.2, -0.15) is 0 Å². The Morgan fingerprint density at radius 1 is 1.24 bits per heavy atom. The molecule has 0 saturated carbocycles. The van der Waals surface area contributed by atoms with E-state index in [0.29, 0.717) is 5.69 Å². The molecule has 1 atom stereocenters. The molecule has 0 spiro atoms. The SMILES string of the molecule is O=C(Nc1cccc([N+](=O)[O-])c1)C1CC(=O)N(c2ccccc2Br)C1. The first-order chi connectivity index (χ1) is 12.0. The molecular formula is C17H14BrN3O4. The van der Waals surface area contributed by atoms with Crippen molar-refractivity contribution in [3.05, 3.63) is 63.1 Å². The number of carbonyl (C=O) groups excluding carboxylic acids is 2. The molecule has 1 saturated heterocycles. The molecule has 1 N–H and O–H groups in total. The fourth-order valence-corrected chi connectivity index (χ4v) is 3.23. The molecule has 0 aliphatic carbocycles. The van der Waals surface area contributed by atoms with Crippen molar-refractivity contribution in [3.8, 4) is 0 Å². The standard InChI is InChI=1S/C17H14BrN3O4/c18-14-6-1-2-7-15(14)20-10-11(8-16(20)22)17(23)19-12-4-3-5-13(9-12)21(24)25/h1-7,9,11H,8,10H2,(H,19,23). The molecule has 25 heavy (non-hydrogen) atoms. The number of benzene rings is 2. The molecular weight excluding hydrogens is 390 g/mol. The first-order valence-electron chi connectivity index (χ1n) is 7.56. The van der Waals surface area contributed by atoms with Crippen LogP contribution in [0.5, 0.6) is 0 Å². The molecule has 0 bridgehead atoms. The third kappa shape index (κ3) is 3.69. The summed E-state index contributed by atoms with van der Waals surface area (Å²) in [6, 6.07) is 13.0. The number of nitro benzene ring substituents is 1. The van der Waals surface area contributed by atoms with Gasteiger partial charge in [-0.15, -0.1) is 0 Å². The number of nitrogens with zero attached hydrogens (tertiary/aromatic N) is 2. The molecule has 2 aromatic carbocycles. The van der Waals surface area contributed by atoms with Crippen LogP contribution < -0.4 is 10.2 Å². The quantitative estimate of drug-likeness (QED) is 0.625. The van der Waals surface area contributed by atoms with Gasteiger partial charge < -0.3 is 10.2 Å². The van der Waals surface area contributed by atoms with Crippen LogP contribution in [0, 0.1) is 16.0 Å². The Labute approximate surface area is 151 Å². The van der Waals surface area contributed by atoms with E-state index in [-0.39, 0.29) is 30.5 Å². The zero-order valence-electron chi connectivity index (χ0n) is 13.0. The molecule has 128 valence electrons. The highest BCUT2D eigenvalue weighted by molar-refractivity contribution is 9.10. The minimum Gasteiger partial charge on any atom is -0.326 e. The summed E-state index contributed by atoms with van der Waals surface area (Å²) in [5.41, 5.74) is 0.958. The molecule has 0 radical (unpaired) electrons. The summed E-state index contributed by atoms with van der Waals surface area (Å²) >= 11 is 3.41. The normalized spacial score (nSPS) is 16.8. The van der Waals surface area contributed by atoms with E-state index in [9.17, 15) is 19.7 Å². The number of nitro groups is 1. The van der Waals surface area contributed by atoms with E-state index in [1.54, 1.807) is 11.0 Å². The molecule has 0 aromatic heterocycles. The second kappa shape index (κ2) is 7.02. The summed E-state index contributed by atoms with van der Waals surface area (Å²) in [5, 5.41) is 13.5. The van der Waals surface area contributed by atoms with Crippen LogP contribution in [0.4, 0.5) is 17.1 Å². The number of para-hydroxylation sites is 1. The van der Waals surface area contributed by atoms with E-state index in [4.69, 9.17) is 0 Å². The number of hydrogen-bond donors (Lipinski definition) is 1. The van der Waals surface area contributed by atoms with Gasteiger partial charge in [-0.05, 0) is 34.1 Å². The minimum absolute atomic E-state index is 0.0993. The van der Waals surface area contributed by atoms with Crippen molar-refractivity contribution in [2.24, 2.45) is 5.92 Å². The van der Waals surface area contributed by atoms with Gasteiger partial charge in [-0.3, -0.25) is 19.7 Å². The monoisotopic (exact) mass is 403 g/mol. The first kappa shape index (κ1) is 17.1. The molecule has 1 aliphatic heterocycles. The van der Waals surface area contributed by atoms with E-state index in [1.807, 2.05) is 24.3 Å². The maximum atomic E-state index is 12.4. The van der Waals surface area contributed by atoms with Crippen LogP contribution in [0.3, 0.4) is 0 Å². The van der Waals surface area contributed by atoms with E-state index < -0.39 is 10.8 Å². The largest absolute Gasteiger partial charge is 0.326 e. The van der Waals surface area contributed by atoms with Crippen LogP contribution in [-0.4, -0.2) is 23.3 Å². The van der Waals surface area contributed by atoms with Gasteiger partial charge >= 0.3 is 0 Å². The van der Waals surface area contributed by atoms with Gasteiger partial charge in [0.05, 0.1) is 16.5 Å². The predicted octanol–water partition coefficient (Wildman–Crippen LogP) is 3.35. The Morgan fingerprint density at radius 3 is 2.72 bits per heavy atom. The molecule has 7 nitrogen and oxygen atoms in total. The second-order valence-corrected chi connectivity index (χ2v) is 6.51. The molecule has 1 aliphatic rings. The summed E-state index contributed by atoms with van der Waals surface area (Å²) in [7, 11) is 0. The van der Waals surface area contributed by atoms with Crippen LogP contribution in [0.25, 0.3) is 0 Å². The second-order valence-electron chi connectivity index (χ2n) is 5.65. The number of non-ortho nitro benzene ring substituents is 1. The third-order valence-electron chi connectivity index (χ3n) is 3.96. The van der Waals surface area contributed by atoms with Crippen LogP contribution in [-0.2, 0) is 9.59 Å². The van der Waals surface area contributed by atoms with Gasteiger partial charge in [-0.25, -0.2) is 0 Å². The van der Waals surface area contributed by atoms with Gasteiger partial charge in [0.2, 0.25) is 11.8 Å². The average molecular weight is 404 g/mol. The smallest absolute Gasteiger partial charge is 0.271 e. The Bertz CT molecular complexity index is 855. The minimum atomic E-state index is -0.524. The van der Waals surface area contributed by atoms with Crippen molar-refractivity contribution in [2.45, 2.75) is 6.42 Å². The van der Waals surface area contributed by atoms with Crippen molar-refractivity contribution >= 4 is 44.8 Å². The summed E-state index contributed by atoms with van der Waals surface area (Å²) in [6.07, 6.45) is 0.0993. The van der Waals surface area contributed by atoms with Gasteiger partial charge in [0.25, 0.3) is 5.69 Å². The lowest BCUT2D eigenvalue weighted by molar-refractivity contribution is -0.384. The summed E-state index contributed by atoms with van der Waals surface area (Å²) in [4.78, 5) is 36.6. The van der Waals surface area contributed by atoms with Crippen LogP contribution in [0.2, 0.25) is 0 Å². The molecule has 1 fully saturated rings. The first-order valence-corrected chi connectivity index (χ1v) is 8.35. The van der Waals surface area contributed by atoms with Crippen molar-refractivity contribution in [1.82, 2.24) is 0 Å². The zero-order chi connectivity index (χ0) is 18.0. The maximum absolute atomic E-state index is 12.4. The Kier molecular flexibility index (Phi) is 4.80. The third-order valence-corrected chi connectivity index (χ3v) is 4.63. The van der Waals surface area contributed by atoms with Crippen LogP contribution in [0.1, 0.15) is 6.42 Å². The van der Waals surface area contributed by atoms with Crippen LogP contribution >= 0.6 is 15.9 Å². The van der Waals surface area contributed by atoms with Gasteiger partial charge in [0.1, 0.15) is 0 Å². The lowest BCUT2D eigenvalue weighted by atomic mass is 10.1. The van der Waals surface area contributed by atoms with E-state index >= 15 is 0 Å². The van der Waals surface area contributed by atoms with Gasteiger partial charge in [-0.1, -0.05) is 18.2 Å². The van der Waals surface area contributed by atoms with Crippen molar-refractivity contribution < 1.29 is 14.5 Å². The van der Waals surface area contributed by atoms with E-state index in [0.717, 1.165) is 10.2 Å². The number of anilines is 2. The van der Waals surface area contributed by atoms with Gasteiger partial charge in [0.15, 0.2) is 0 Å². The van der Waals surface area contributed by atoms with E-state index in [1.165, 1.54) is 18.2 Å². The maximum Gasteiger partial charge on any atom is 0.271 e. The fraction of sp³-hybridized carbons (Fsp3) is 0.176. The Hall–Kier alpha value is -2.74. The van der Waals surface area contributed by atoms with Crippen molar-refractivity contribution in [2.75, 3.05) is 16.8 Å². The lowest BCUT2D eigenvalue weighted by Gasteiger charge is -2.18. The number of rotatable bonds is 4. The lowest BCUT2D eigenvalue weighted by Crippen LogP contribution is -2.28. The van der Waals surface area contributed by atoms with Gasteiger partial charge in [0, 0.05) is 35.3 Å². The predicted molar refractivity (Wildman–Crippen MR) is 96.3 cm³/mol. The average Bonchev–Trinajstić information content (AvgIpc) is 2.97. The summed E-state index contributed by atoms with van der Waals surface area (Å²) in [6.45, 7) is 0.266. The molecule has 1 heterocycles. The van der Waals surface area contributed by atoms with Crippen molar-refractivity contribution in [1.29, 1.82) is 0 Å². The highest BCUT2D eigenvalue weighted by Gasteiger charge is 2.35. The summed E-state index contributed by atoms with van der Waals surface area (Å²) in [5.74, 6) is -0.978. The number of amides is 2. The Balaban J connectivity index is 1.72.